The first-order valence-corrected chi connectivity index (χ1v) is 4.11. The number of carbonyl (C=O) groups is 2. The Bertz CT molecular complexity index is 414. The molecule has 0 saturated carbocycles. The van der Waals surface area contributed by atoms with Crippen LogP contribution in [0, 0.1) is 6.92 Å². The van der Waals surface area contributed by atoms with Crippen molar-refractivity contribution in [3.63, 3.8) is 0 Å². The Morgan fingerprint density at radius 1 is 1.31 bits per heavy atom. The van der Waals surface area contributed by atoms with Crippen molar-refractivity contribution in [2.45, 2.75) is 6.92 Å². The standard InChI is InChI=1S/C9H6ClNO2/c1-5-3-2-4-6-7(5)8(12)9(13)11(6)10/h2-4H,1H3. The summed E-state index contributed by atoms with van der Waals surface area (Å²) in [4.78, 5) is 22.5. The van der Waals surface area contributed by atoms with Gasteiger partial charge in [-0.05, 0) is 18.6 Å². The molecule has 1 aliphatic heterocycles. The third-order valence-corrected chi connectivity index (χ3v) is 2.40. The summed E-state index contributed by atoms with van der Waals surface area (Å²) in [6.07, 6.45) is 0. The highest BCUT2D eigenvalue weighted by atomic mass is 35.5. The lowest BCUT2D eigenvalue weighted by molar-refractivity contribution is -0.113. The predicted octanol–water partition coefficient (Wildman–Crippen LogP) is 1.68. The topological polar surface area (TPSA) is 37.4 Å². The number of Topliss-reactive ketones (excluding diaryl/α,β-unsaturated/α-hetero) is 1. The molecule has 2 rings (SSSR count). The molecule has 13 heavy (non-hydrogen) atoms. The van der Waals surface area contributed by atoms with E-state index in [1.807, 2.05) is 0 Å². The maximum atomic E-state index is 11.4. The second-order valence-corrected chi connectivity index (χ2v) is 3.22. The molecule has 0 spiro atoms. The molecule has 0 unspecified atom stereocenters. The summed E-state index contributed by atoms with van der Waals surface area (Å²) >= 11 is 5.62. The summed E-state index contributed by atoms with van der Waals surface area (Å²) in [5.74, 6) is -1.20. The quantitative estimate of drug-likeness (QED) is 0.467. The van der Waals surface area contributed by atoms with E-state index in [9.17, 15) is 9.59 Å². The normalized spacial score (nSPS) is 15.1. The molecule has 0 bridgehead atoms. The lowest BCUT2D eigenvalue weighted by atomic mass is 10.1. The summed E-state index contributed by atoms with van der Waals surface area (Å²) in [6, 6.07) is 5.19. The fourth-order valence-corrected chi connectivity index (χ4v) is 1.63. The first-order valence-electron chi connectivity index (χ1n) is 3.77. The van der Waals surface area contributed by atoms with Crippen molar-refractivity contribution in [3.05, 3.63) is 29.3 Å². The van der Waals surface area contributed by atoms with E-state index in [0.29, 0.717) is 11.3 Å². The smallest absolute Gasteiger partial charge is 0.283 e. The molecule has 66 valence electrons. The molecule has 0 aromatic heterocycles. The number of benzene rings is 1. The number of fused-ring (bicyclic) bond motifs is 1. The lowest BCUT2D eigenvalue weighted by Gasteiger charge is -2.04. The predicted molar refractivity (Wildman–Crippen MR) is 48.8 cm³/mol. The van der Waals surface area contributed by atoms with Crippen molar-refractivity contribution >= 4 is 29.2 Å². The number of carbonyl (C=O) groups excluding carboxylic acids is 2. The molecule has 0 atom stereocenters. The Labute approximate surface area is 80.0 Å². The van der Waals surface area contributed by atoms with Gasteiger partial charge in [0.2, 0.25) is 0 Å². The van der Waals surface area contributed by atoms with Gasteiger partial charge in [-0.25, -0.2) is 4.42 Å². The van der Waals surface area contributed by atoms with Gasteiger partial charge in [0.1, 0.15) is 0 Å². The van der Waals surface area contributed by atoms with Gasteiger partial charge in [-0.3, -0.25) is 9.59 Å². The van der Waals surface area contributed by atoms with E-state index in [4.69, 9.17) is 11.8 Å². The molecule has 1 aromatic carbocycles. The van der Waals surface area contributed by atoms with Crippen LogP contribution in [0.25, 0.3) is 0 Å². The minimum Gasteiger partial charge on any atom is -0.283 e. The van der Waals surface area contributed by atoms with Crippen molar-refractivity contribution in [1.82, 2.24) is 0 Å². The van der Waals surface area contributed by atoms with E-state index >= 15 is 0 Å². The number of hydrogen-bond donors (Lipinski definition) is 0. The van der Waals surface area contributed by atoms with E-state index in [1.165, 1.54) is 0 Å². The van der Waals surface area contributed by atoms with Gasteiger partial charge in [0, 0.05) is 11.8 Å². The number of halogens is 1. The Hall–Kier alpha value is -1.35. The Kier molecular flexibility index (Phi) is 1.63. The van der Waals surface area contributed by atoms with Crippen molar-refractivity contribution in [2.24, 2.45) is 0 Å². The van der Waals surface area contributed by atoms with E-state index < -0.39 is 11.7 Å². The van der Waals surface area contributed by atoms with E-state index in [2.05, 4.69) is 0 Å². The van der Waals surface area contributed by atoms with Gasteiger partial charge in [-0.2, -0.15) is 0 Å². The largest absolute Gasteiger partial charge is 0.314 e. The van der Waals surface area contributed by atoms with Crippen molar-refractivity contribution in [2.75, 3.05) is 4.42 Å². The Balaban J connectivity index is 2.73. The second kappa shape index (κ2) is 2.57. The summed E-state index contributed by atoms with van der Waals surface area (Å²) in [5.41, 5.74) is 1.68. The van der Waals surface area contributed by atoms with Crippen LogP contribution in [0.1, 0.15) is 15.9 Å². The molecule has 0 saturated heterocycles. The molecule has 1 aliphatic rings. The maximum absolute atomic E-state index is 11.4. The Morgan fingerprint density at radius 3 is 2.62 bits per heavy atom. The van der Waals surface area contributed by atoms with Crippen LogP contribution >= 0.6 is 11.8 Å². The fourth-order valence-electron chi connectivity index (χ4n) is 1.42. The number of amides is 1. The molecular formula is C9H6ClNO2. The molecule has 0 aliphatic carbocycles. The summed E-state index contributed by atoms with van der Waals surface area (Å²) in [7, 11) is 0. The molecule has 0 radical (unpaired) electrons. The van der Waals surface area contributed by atoms with Gasteiger partial charge >= 0.3 is 5.91 Å². The monoisotopic (exact) mass is 195 g/mol. The molecule has 1 heterocycles. The number of ketones is 1. The van der Waals surface area contributed by atoms with Crippen molar-refractivity contribution in [3.8, 4) is 0 Å². The minimum absolute atomic E-state index is 0.419. The van der Waals surface area contributed by atoms with Gasteiger partial charge in [0.25, 0.3) is 5.78 Å². The van der Waals surface area contributed by atoms with Gasteiger partial charge in [0.15, 0.2) is 0 Å². The molecule has 3 nitrogen and oxygen atoms in total. The van der Waals surface area contributed by atoms with Crippen LogP contribution in [-0.2, 0) is 4.79 Å². The highest BCUT2D eigenvalue weighted by Crippen LogP contribution is 2.32. The number of hydrogen-bond acceptors (Lipinski definition) is 2. The Morgan fingerprint density at radius 2 is 2.00 bits per heavy atom. The zero-order chi connectivity index (χ0) is 9.59. The molecule has 4 heteroatoms. The van der Waals surface area contributed by atoms with Crippen LogP contribution < -0.4 is 4.42 Å². The molecule has 0 fully saturated rings. The number of rotatable bonds is 0. The average Bonchev–Trinajstić information content (AvgIpc) is 2.33. The zero-order valence-electron chi connectivity index (χ0n) is 6.87. The lowest BCUT2D eigenvalue weighted by Crippen LogP contribution is -2.19. The van der Waals surface area contributed by atoms with Crippen LogP contribution in [0.15, 0.2) is 18.2 Å². The van der Waals surface area contributed by atoms with Crippen LogP contribution in [-0.4, -0.2) is 11.7 Å². The summed E-state index contributed by atoms with van der Waals surface area (Å²) < 4.78 is 0.866. The van der Waals surface area contributed by atoms with Crippen LogP contribution in [0.2, 0.25) is 0 Å². The first-order chi connectivity index (χ1) is 6.13. The van der Waals surface area contributed by atoms with Crippen LogP contribution in [0.4, 0.5) is 5.69 Å². The van der Waals surface area contributed by atoms with E-state index in [0.717, 1.165) is 9.98 Å². The van der Waals surface area contributed by atoms with Crippen LogP contribution in [0.3, 0.4) is 0 Å². The average molecular weight is 196 g/mol. The third-order valence-electron chi connectivity index (χ3n) is 2.06. The SMILES string of the molecule is Cc1cccc2c1C(=O)C(=O)N2Cl. The molecule has 0 N–H and O–H groups in total. The number of anilines is 1. The molecule has 1 amide bonds. The number of aryl methyl sites for hydroxylation is 1. The van der Waals surface area contributed by atoms with Crippen LogP contribution in [0.5, 0.6) is 0 Å². The molecule has 1 aromatic rings. The second-order valence-electron chi connectivity index (χ2n) is 2.88. The van der Waals surface area contributed by atoms with E-state index in [1.54, 1.807) is 25.1 Å². The van der Waals surface area contributed by atoms with Gasteiger partial charge in [-0.15, -0.1) is 0 Å². The van der Waals surface area contributed by atoms with Gasteiger partial charge in [-0.1, -0.05) is 12.1 Å². The maximum Gasteiger partial charge on any atom is 0.314 e. The van der Waals surface area contributed by atoms with Crippen molar-refractivity contribution in [1.29, 1.82) is 0 Å². The van der Waals surface area contributed by atoms with Gasteiger partial charge in [0.05, 0.1) is 11.3 Å². The summed E-state index contributed by atoms with van der Waals surface area (Å²) in [6.45, 7) is 1.78. The minimum atomic E-state index is -0.675. The van der Waals surface area contributed by atoms with Gasteiger partial charge < -0.3 is 0 Å². The van der Waals surface area contributed by atoms with Crippen molar-refractivity contribution < 1.29 is 9.59 Å². The van der Waals surface area contributed by atoms with E-state index in [-0.39, 0.29) is 0 Å². The molecular weight excluding hydrogens is 190 g/mol. The fraction of sp³-hybridized carbons (Fsp3) is 0.111. The highest BCUT2D eigenvalue weighted by molar-refractivity contribution is 6.61. The highest BCUT2D eigenvalue weighted by Gasteiger charge is 2.35. The zero-order valence-corrected chi connectivity index (χ0v) is 7.63. The summed E-state index contributed by atoms with van der Waals surface area (Å²) in [5, 5.41) is 0. The first kappa shape index (κ1) is 8.26. The third kappa shape index (κ3) is 0.971. The number of nitrogens with zero attached hydrogens (tertiary/aromatic N) is 1.